The van der Waals surface area contributed by atoms with E-state index in [-0.39, 0.29) is 10.4 Å². The smallest absolute Gasteiger partial charge is 0.260 e. The number of aromatic nitrogens is 1. The number of aryl methyl sites for hydroxylation is 2. The van der Waals surface area contributed by atoms with Gasteiger partial charge in [0.25, 0.3) is 10.0 Å². The number of hydrogen-bond donors (Lipinski definition) is 0. The molecule has 1 aromatic heterocycles. The lowest BCUT2D eigenvalue weighted by atomic mass is 9.80. The maximum Gasteiger partial charge on any atom is 0.260 e. The van der Waals surface area contributed by atoms with E-state index < -0.39 is 10.0 Å². The summed E-state index contributed by atoms with van der Waals surface area (Å²) in [5, 5.41) is 0.218. The zero-order valence-corrected chi connectivity index (χ0v) is 15.9. The van der Waals surface area contributed by atoms with Crippen molar-refractivity contribution in [3.8, 4) is 0 Å². The van der Waals surface area contributed by atoms with Gasteiger partial charge in [0.1, 0.15) is 0 Å². The summed E-state index contributed by atoms with van der Waals surface area (Å²) in [6.45, 7) is 8.71. The second kappa shape index (κ2) is 6.30. The van der Waals surface area contributed by atoms with Gasteiger partial charge in [0.2, 0.25) is 0 Å². The van der Waals surface area contributed by atoms with Crippen molar-refractivity contribution in [1.82, 2.24) is 14.2 Å². The Morgan fingerprint density at radius 1 is 1.24 bits per heavy atom. The van der Waals surface area contributed by atoms with Gasteiger partial charge in [0.15, 0.2) is 5.03 Å². The summed E-state index contributed by atoms with van der Waals surface area (Å²) < 4.78 is 32.9. The first-order chi connectivity index (χ1) is 11.9. The van der Waals surface area contributed by atoms with E-state index in [0.29, 0.717) is 19.1 Å². The third-order valence-electron chi connectivity index (χ3n) is 6.01. The molecule has 138 valence electrons. The van der Waals surface area contributed by atoms with Gasteiger partial charge in [-0.3, -0.25) is 4.90 Å². The number of pyridine rings is 1. The van der Waals surface area contributed by atoms with E-state index in [2.05, 4.69) is 9.88 Å². The Bertz CT molecular complexity index is 753. The second-order valence-corrected chi connectivity index (χ2v) is 9.81. The molecule has 3 aliphatic rings. The third kappa shape index (κ3) is 3.12. The Labute approximate surface area is 150 Å². The number of rotatable bonds is 3. The standard InChI is InChI=1S/C18H27N3O3S/c1-14-9-15(2)17(19-11-14)25(22,23)21-12-18(13-21)4-3-16(10-18)20-5-7-24-8-6-20/h9,11,16H,3-8,10,12-13H2,1-2H3. The molecule has 1 spiro atoms. The van der Waals surface area contributed by atoms with Crippen LogP contribution in [-0.4, -0.2) is 68.0 Å². The van der Waals surface area contributed by atoms with Gasteiger partial charge < -0.3 is 4.74 Å². The van der Waals surface area contributed by atoms with Crippen molar-refractivity contribution in [2.45, 2.75) is 44.2 Å². The lowest BCUT2D eigenvalue weighted by molar-refractivity contribution is 0.00812. The lowest BCUT2D eigenvalue weighted by Gasteiger charge is -2.47. The summed E-state index contributed by atoms with van der Waals surface area (Å²) in [5.41, 5.74) is 1.90. The molecule has 0 bridgehead atoms. The fourth-order valence-electron chi connectivity index (χ4n) is 4.69. The molecule has 0 aromatic carbocycles. The van der Waals surface area contributed by atoms with Gasteiger partial charge in [-0.05, 0) is 49.7 Å². The van der Waals surface area contributed by atoms with Crippen LogP contribution in [0.4, 0.5) is 0 Å². The highest BCUT2D eigenvalue weighted by Gasteiger charge is 2.53. The van der Waals surface area contributed by atoms with E-state index >= 15 is 0 Å². The second-order valence-electron chi connectivity index (χ2n) is 7.95. The fraction of sp³-hybridized carbons (Fsp3) is 0.722. The number of ether oxygens (including phenoxy) is 1. The molecular weight excluding hydrogens is 338 g/mol. The average molecular weight is 365 g/mol. The Morgan fingerprint density at radius 3 is 2.64 bits per heavy atom. The first kappa shape index (κ1) is 17.4. The molecule has 1 aliphatic carbocycles. The van der Waals surface area contributed by atoms with Crippen molar-refractivity contribution in [3.63, 3.8) is 0 Å². The minimum Gasteiger partial charge on any atom is -0.379 e. The van der Waals surface area contributed by atoms with Crippen LogP contribution in [0.25, 0.3) is 0 Å². The van der Waals surface area contributed by atoms with Crippen LogP contribution in [0.15, 0.2) is 17.3 Å². The first-order valence-corrected chi connectivity index (χ1v) is 10.6. The number of nitrogens with zero attached hydrogens (tertiary/aromatic N) is 3. The minimum absolute atomic E-state index is 0.175. The fourth-order valence-corrected chi connectivity index (χ4v) is 6.47. The van der Waals surface area contributed by atoms with Crippen molar-refractivity contribution in [2.75, 3.05) is 39.4 Å². The van der Waals surface area contributed by atoms with Crippen LogP contribution in [0.3, 0.4) is 0 Å². The number of sulfonamides is 1. The van der Waals surface area contributed by atoms with E-state index in [4.69, 9.17) is 4.74 Å². The van der Waals surface area contributed by atoms with Crippen molar-refractivity contribution in [1.29, 1.82) is 0 Å². The summed E-state index contributed by atoms with van der Waals surface area (Å²) in [6, 6.07) is 2.48. The monoisotopic (exact) mass is 365 g/mol. The third-order valence-corrected chi connectivity index (χ3v) is 7.87. The average Bonchev–Trinajstić information content (AvgIpc) is 3.00. The van der Waals surface area contributed by atoms with Gasteiger partial charge >= 0.3 is 0 Å². The maximum absolute atomic E-state index is 12.9. The minimum atomic E-state index is -3.47. The predicted molar refractivity (Wildman–Crippen MR) is 94.9 cm³/mol. The van der Waals surface area contributed by atoms with E-state index in [0.717, 1.165) is 50.3 Å². The highest BCUT2D eigenvalue weighted by atomic mass is 32.2. The Balaban J connectivity index is 1.43. The largest absolute Gasteiger partial charge is 0.379 e. The first-order valence-electron chi connectivity index (χ1n) is 9.15. The van der Waals surface area contributed by atoms with Crippen LogP contribution in [0.1, 0.15) is 30.4 Å². The molecule has 0 amide bonds. The molecule has 3 heterocycles. The van der Waals surface area contributed by atoms with Crippen molar-refractivity contribution in [3.05, 3.63) is 23.4 Å². The van der Waals surface area contributed by atoms with E-state index in [9.17, 15) is 8.42 Å². The molecule has 1 aromatic rings. The SMILES string of the molecule is Cc1cnc(S(=O)(=O)N2CC3(CCC(N4CCOCC4)C3)C2)c(C)c1. The van der Waals surface area contributed by atoms with E-state index in [1.54, 1.807) is 10.5 Å². The Morgan fingerprint density at radius 2 is 1.96 bits per heavy atom. The van der Waals surface area contributed by atoms with Crippen LogP contribution >= 0.6 is 0 Å². The van der Waals surface area contributed by atoms with Crippen molar-refractivity contribution < 1.29 is 13.2 Å². The van der Waals surface area contributed by atoms with Gasteiger partial charge in [-0.25, -0.2) is 13.4 Å². The summed E-state index contributed by atoms with van der Waals surface area (Å²) in [4.78, 5) is 6.73. The molecule has 0 radical (unpaired) electrons. The molecule has 2 saturated heterocycles. The zero-order chi connectivity index (χ0) is 17.7. The van der Waals surface area contributed by atoms with Crippen LogP contribution in [0.5, 0.6) is 0 Å². The van der Waals surface area contributed by atoms with Crippen LogP contribution in [0, 0.1) is 19.3 Å². The van der Waals surface area contributed by atoms with Gasteiger partial charge in [-0.1, -0.05) is 6.07 Å². The Kier molecular flexibility index (Phi) is 4.38. The quantitative estimate of drug-likeness (QED) is 0.814. The predicted octanol–water partition coefficient (Wildman–Crippen LogP) is 1.57. The van der Waals surface area contributed by atoms with Crippen LogP contribution in [0.2, 0.25) is 0 Å². The molecule has 3 fully saturated rings. The van der Waals surface area contributed by atoms with E-state index in [1.165, 1.54) is 6.42 Å². The highest BCUT2D eigenvalue weighted by Crippen LogP contribution is 2.48. The Hall–Kier alpha value is -1.02. The molecule has 0 N–H and O–H groups in total. The highest BCUT2D eigenvalue weighted by molar-refractivity contribution is 7.89. The number of morpholine rings is 1. The van der Waals surface area contributed by atoms with Gasteiger partial charge in [0.05, 0.1) is 13.2 Å². The van der Waals surface area contributed by atoms with Crippen LogP contribution < -0.4 is 0 Å². The van der Waals surface area contributed by atoms with Crippen LogP contribution in [-0.2, 0) is 14.8 Å². The molecular formula is C18H27N3O3S. The van der Waals surface area contributed by atoms with Gasteiger partial charge in [-0.15, -0.1) is 0 Å². The summed E-state index contributed by atoms with van der Waals surface area (Å²) in [6.07, 6.45) is 5.05. The topological polar surface area (TPSA) is 62.7 Å². The van der Waals surface area contributed by atoms with E-state index in [1.807, 2.05) is 19.9 Å². The lowest BCUT2D eigenvalue weighted by Crippen LogP contribution is -2.58. The molecule has 1 atom stereocenters. The molecule has 4 rings (SSSR count). The maximum atomic E-state index is 12.9. The van der Waals surface area contributed by atoms with Crippen molar-refractivity contribution in [2.24, 2.45) is 5.41 Å². The number of hydrogen-bond acceptors (Lipinski definition) is 5. The molecule has 25 heavy (non-hydrogen) atoms. The summed E-state index contributed by atoms with van der Waals surface area (Å²) in [5.74, 6) is 0. The summed E-state index contributed by atoms with van der Waals surface area (Å²) >= 11 is 0. The molecule has 7 heteroatoms. The molecule has 2 aliphatic heterocycles. The summed E-state index contributed by atoms with van der Waals surface area (Å²) in [7, 11) is -3.47. The molecule has 1 saturated carbocycles. The van der Waals surface area contributed by atoms with Crippen molar-refractivity contribution >= 4 is 10.0 Å². The van der Waals surface area contributed by atoms with Gasteiger partial charge in [0, 0.05) is 38.4 Å². The normalized spacial score (nSPS) is 27.5. The molecule has 1 unspecified atom stereocenters. The zero-order valence-electron chi connectivity index (χ0n) is 15.1. The van der Waals surface area contributed by atoms with Gasteiger partial charge in [-0.2, -0.15) is 4.31 Å². The molecule has 6 nitrogen and oxygen atoms in total.